The van der Waals surface area contributed by atoms with Crippen molar-refractivity contribution in [1.82, 2.24) is 9.62 Å². The van der Waals surface area contributed by atoms with E-state index < -0.39 is 16.0 Å². The number of sulfonamides is 1. The first kappa shape index (κ1) is 17.4. The van der Waals surface area contributed by atoms with Gasteiger partial charge in [0.25, 0.3) is 0 Å². The van der Waals surface area contributed by atoms with Crippen molar-refractivity contribution < 1.29 is 23.1 Å². The number of rotatable bonds is 6. The molecule has 1 fully saturated rings. The molecule has 0 aliphatic carbocycles. The Labute approximate surface area is 135 Å². The van der Waals surface area contributed by atoms with Crippen LogP contribution < -0.4 is 5.32 Å². The molecule has 1 atom stereocenters. The first-order valence-corrected chi connectivity index (χ1v) is 9.14. The van der Waals surface area contributed by atoms with Gasteiger partial charge in [-0.2, -0.15) is 0 Å². The van der Waals surface area contributed by atoms with E-state index in [2.05, 4.69) is 5.32 Å². The first-order chi connectivity index (χ1) is 10.8. The number of amides is 1. The Hall–Kier alpha value is -1.93. The number of carboxylic acids is 1. The van der Waals surface area contributed by atoms with Gasteiger partial charge in [-0.25, -0.2) is 17.5 Å². The molecule has 1 aromatic rings. The summed E-state index contributed by atoms with van der Waals surface area (Å²) in [7, 11) is -3.17. The maximum Gasteiger partial charge on any atom is 0.335 e. The molecule has 2 rings (SSSR count). The molecule has 0 spiro atoms. The first-order valence-electron chi connectivity index (χ1n) is 7.30. The van der Waals surface area contributed by atoms with Crippen molar-refractivity contribution in [1.29, 1.82) is 0 Å². The van der Waals surface area contributed by atoms with Crippen LogP contribution in [0, 0.1) is 5.92 Å². The third-order valence-corrected chi connectivity index (χ3v) is 5.11. The van der Waals surface area contributed by atoms with Gasteiger partial charge in [0.05, 0.1) is 18.2 Å². The lowest BCUT2D eigenvalue weighted by atomic mass is 10.1. The number of hydrogen-bond donors (Lipinski definition) is 2. The molecule has 0 radical (unpaired) electrons. The summed E-state index contributed by atoms with van der Waals surface area (Å²) in [5.74, 6) is -1.12. The van der Waals surface area contributed by atoms with Crippen LogP contribution in [0.5, 0.6) is 0 Å². The molecule has 1 saturated heterocycles. The topological polar surface area (TPSA) is 104 Å². The molecule has 0 bridgehead atoms. The lowest BCUT2D eigenvalue weighted by Gasteiger charge is -2.14. The molecular weight excluding hydrogens is 320 g/mol. The average Bonchev–Trinajstić information content (AvgIpc) is 2.94. The maximum absolute atomic E-state index is 11.9. The Morgan fingerprint density at radius 3 is 2.74 bits per heavy atom. The number of hydrogen-bond acceptors (Lipinski definition) is 4. The van der Waals surface area contributed by atoms with Crippen molar-refractivity contribution in [2.45, 2.75) is 12.8 Å². The van der Waals surface area contributed by atoms with E-state index in [0.717, 1.165) is 6.42 Å². The van der Waals surface area contributed by atoms with Crippen LogP contribution in [0.1, 0.15) is 22.3 Å². The average molecular weight is 340 g/mol. The van der Waals surface area contributed by atoms with Gasteiger partial charge in [-0.3, -0.25) is 4.79 Å². The Kier molecular flexibility index (Phi) is 5.38. The summed E-state index contributed by atoms with van der Waals surface area (Å²) in [6.07, 6.45) is 2.01. The summed E-state index contributed by atoms with van der Waals surface area (Å²) in [6, 6.07) is 6.25. The zero-order valence-corrected chi connectivity index (χ0v) is 13.7. The van der Waals surface area contributed by atoms with Crippen molar-refractivity contribution in [2.75, 3.05) is 25.9 Å². The Morgan fingerprint density at radius 2 is 2.13 bits per heavy atom. The Balaban J connectivity index is 1.82. The van der Waals surface area contributed by atoms with Gasteiger partial charge in [0, 0.05) is 19.6 Å². The highest BCUT2D eigenvalue weighted by molar-refractivity contribution is 7.88. The number of carbonyl (C=O) groups is 2. The molecular formula is C15H20N2O5S. The van der Waals surface area contributed by atoms with Gasteiger partial charge in [-0.05, 0) is 30.0 Å². The van der Waals surface area contributed by atoms with E-state index in [9.17, 15) is 18.0 Å². The summed E-state index contributed by atoms with van der Waals surface area (Å²) in [5.41, 5.74) is 0.779. The lowest BCUT2D eigenvalue weighted by molar-refractivity contribution is -0.120. The van der Waals surface area contributed by atoms with Crippen LogP contribution in [-0.4, -0.2) is 55.6 Å². The van der Waals surface area contributed by atoms with Crippen LogP contribution in [0.15, 0.2) is 24.3 Å². The van der Waals surface area contributed by atoms with E-state index in [1.165, 1.54) is 22.7 Å². The summed E-state index contributed by atoms with van der Waals surface area (Å²) >= 11 is 0. The quantitative estimate of drug-likeness (QED) is 0.776. The molecule has 7 nitrogen and oxygen atoms in total. The molecule has 1 aliphatic heterocycles. The molecule has 1 amide bonds. The predicted octanol–water partition coefficient (Wildman–Crippen LogP) is 0.325. The fourth-order valence-corrected chi connectivity index (χ4v) is 3.50. The third-order valence-electron chi connectivity index (χ3n) is 3.84. The zero-order chi connectivity index (χ0) is 17.0. The minimum atomic E-state index is -3.17. The molecule has 1 heterocycles. The maximum atomic E-state index is 11.9. The number of carboxylic acid groups (broad SMARTS) is 1. The highest BCUT2D eigenvalue weighted by Gasteiger charge is 2.28. The molecule has 1 aromatic carbocycles. The van der Waals surface area contributed by atoms with Gasteiger partial charge in [-0.15, -0.1) is 0 Å². The summed E-state index contributed by atoms with van der Waals surface area (Å²) in [5, 5.41) is 11.7. The van der Waals surface area contributed by atoms with Crippen LogP contribution >= 0.6 is 0 Å². The molecule has 2 N–H and O–H groups in total. The monoisotopic (exact) mass is 340 g/mol. The van der Waals surface area contributed by atoms with Crippen molar-refractivity contribution >= 4 is 21.9 Å². The van der Waals surface area contributed by atoms with Gasteiger partial charge in [0.2, 0.25) is 15.9 Å². The van der Waals surface area contributed by atoms with Crippen molar-refractivity contribution in [3.8, 4) is 0 Å². The molecule has 126 valence electrons. The molecule has 0 saturated carbocycles. The van der Waals surface area contributed by atoms with Gasteiger partial charge >= 0.3 is 5.97 Å². The normalized spacial score (nSPS) is 18.7. The number of benzene rings is 1. The van der Waals surface area contributed by atoms with Gasteiger partial charge in [-0.1, -0.05) is 12.1 Å². The standard InChI is InChI=1S/C15H20N2O5S/c1-23(21,22)17-6-5-12(10-17)9-16-14(18)8-11-3-2-4-13(7-11)15(19)20/h2-4,7,12H,5-6,8-10H2,1H3,(H,16,18)(H,19,20). The van der Waals surface area contributed by atoms with Crippen LogP contribution in [0.4, 0.5) is 0 Å². The van der Waals surface area contributed by atoms with Crippen LogP contribution in [-0.2, 0) is 21.2 Å². The van der Waals surface area contributed by atoms with Gasteiger partial charge in [0.1, 0.15) is 0 Å². The smallest absolute Gasteiger partial charge is 0.335 e. The fraction of sp³-hybridized carbons (Fsp3) is 0.467. The van der Waals surface area contributed by atoms with Gasteiger partial charge < -0.3 is 10.4 Å². The Bertz CT molecular complexity index is 702. The highest BCUT2D eigenvalue weighted by Crippen LogP contribution is 2.18. The largest absolute Gasteiger partial charge is 0.478 e. The van der Waals surface area contributed by atoms with Crippen LogP contribution in [0.25, 0.3) is 0 Å². The van der Waals surface area contributed by atoms with E-state index >= 15 is 0 Å². The molecule has 1 unspecified atom stereocenters. The van der Waals surface area contributed by atoms with E-state index in [4.69, 9.17) is 5.11 Å². The van der Waals surface area contributed by atoms with Crippen molar-refractivity contribution in [3.63, 3.8) is 0 Å². The summed E-state index contributed by atoms with van der Waals surface area (Å²) < 4.78 is 24.3. The summed E-state index contributed by atoms with van der Waals surface area (Å²) in [4.78, 5) is 22.8. The van der Waals surface area contributed by atoms with E-state index in [1.54, 1.807) is 12.1 Å². The molecule has 23 heavy (non-hydrogen) atoms. The number of nitrogens with one attached hydrogen (secondary N) is 1. The van der Waals surface area contributed by atoms with Crippen LogP contribution in [0.2, 0.25) is 0 Å². The van der Waals surface area contributed by atoms with E-state index in [0.29, 0.717) is 25.2 Å². The fourth-order valence-electron chi connectivity index (χ4n) is 2.59. The van der Waals surface area contributed by atoms with Crippen molar-refractivity contribution in [2.24, 2.45) is 5.92 Å². The second-order valence-electron chi connectivity index (χ2n) is 5.76. The minimum absolute atomic E-state index is 0.101. The number of aromatic carboxylic acids is 1. The predicted molar refractivity (Wildman–Crippen MR) is 84.6 cm³/mol. The number of nitrogens with zero attached hydrogens (tertiary/aromatic N) is 1. The summed E-state index contributed by atoms with van der Waals surface area (Å²) in [6.45, 7) is 1.33. The van der Waals surface area contributed by atoms with Gasteiger partial charge in [0.15, 0.2) is 0 Å². The SMILES string of the molecule is CS(=O)(=O)N1CCC(CNC(=O)Cc2cccc(C(=O)O)c2)C1. The van der Waals surface area contributed by atoms with Crippen molar-refractivity contribution in [3.05, 3.63) is 35.4 Å². The zero-order valence-electron chi connectivity index (χ0n) is 12.9. The minimum Gasteiger partial charge on any atom is -0.478 e. The molecule has 1 aliphatic rings. The highest BCUT2D eigenvalue weighted by atomic mass is 32.2. The molecule has 0 aromatic heterocycles. The third kappa shape index (κ3) is 5.04. The lowest BCUT2D eigenvalue weighted by Crippen LogP contribution is -2.33. The number of carbonyl (C=O) groups excluding carboxylic acids is 1. The second-order valence-corrected chi connectivity index (χ2v) is 7.74. The Morgan fingerprint density at radius 1 is 1.39 bits per heavy atom. The second kappa shape index (κ2) is 7.10. The molecule has 8 heteroatoms. The van der Waals surface area contributed by atoms with E-state index in [1.807, 2.05) is 0 Å². The van der Waals surface area contributed by atoms with Crippen LogP contribution in [0.3, 0.4) is 0 Å². The van der Waals surface area contributed by atoms with E-state index in [-0.39, 0.29) is 23.8 Å².